The number of aromatic nitrogens is 3. The highest BCUT2D eigenvalue weighted by Gasteiger charge is 2.43. The Balaban J connectivity index is 1.48. The van der Waals surface area contributed by atoms with Crippen LogP contribution in [-0.2, 0) is 26.4 Å². The number of H-pyrrole nitrogens is 1. The molecule has 4 heterocycles. The van der Waals surface area contributed by atoms with Crippen LogP contribution in [0.2, 0.25) is 0 Å². The monoisotopic (exact) mass is 560 g/mol. The lowest BCUT2D eigenvalue weighted by atomic mass is 9.87. The number of amides is 1. The number of benzene rings is 1. The Hall–Kier alpha value is -4.17. The van der Waals surface area contributed by atoms with Gasteiger partial charge in [-0.15, -0.1) is 0 Å². The summed E-state index contributed by atoms with van der Waals surface area (Å²) in [5, 5.41) is 18.2. The van der Waals surface area contributed by atoms with Crippen molar-refractivity contribution in [3.8, 4) is 6.07 Å². The van der Waals surface area contributed by atoms with E-state index in [1.165, 1.54) is 0 Å². The van der Waals surface area contributed by atoms with E-state index in [4.69, 9.17) is 14.6 Å². The molecular formula is C30H36N6O5. The third-order valence-corrected chi connectivity index (χ3v) is 7.54. The first-order valence-electron chi connectivity index (χ1n) is 13.8. The van der Waals surface area contributed by atoms with E-state index in [2.05, 4.69) is 16.4 Å². The summed E-state index contributed by atoms with van der Waals surface area (Å²) in [6.45, 7) is 12.0. The number of anilines is 2. The van der Waals surface area contributed by atoms with Crippen LogP contribution in [0.25, 0.3) is 10.9 Å². The van der Waals surface area contributed by atoms with E-state index in [9.17, 15) is 19.6 Å². The van der Waals surface area contributed by atoms with E-state index in [0.29, 0.717) is 47.4 Å². The maximum absolute atomic E-state index is 13.0. The largest absolute Gasteiger partial charge is 0.458 e. The summed E-state index contributed by atoms with van der Waals surface area (Å²) < 4.78 is 13.2. The predicted molar refractivity (Wildman–Crippen MR) is 153 cm³/mol. The number of esters is 1. The summed E-state index contributed by atoms with van der Waals surface area (Å²) in [5.74, 6) is -0.122. The molecule has 3 aromatic rings. The van der Waals surface area contributed by atoms with Crippen molar-refractivity contribution in [1.29, 1.82) is 5.26 Å². The van der Waals surface area contributed by atoms with E-state index in [1.54, 1.807) is 49.8 Å². The highest BCUT2D eigenvalue weighted by atomic mass is 16.6. The zero-order chi connectivity index (χ0) is 29.7. The van der Waals surface area contributed by atoms with Gasteiger partial charge in [0.25, 0.3) is 11.5 Å². The fourth-order valence-corrected chi connectivity index (χ4v) is 5.50. The van der Waals surface area contributed by atoms with E-state index >= 15 is 0 Å². The van der Waals surface area contributed by atoms with Gasteiger partial charge in [0.05, 0.1) is 30.2 Å². The molecule has 11 nitrogen and oxygen atoms in total. The number of carbonyl (C=O) groups is 2. The Bertz CT molecular complexity index is 1610. The second kappa shape index (κ2) is 10.0. The second-order valence-corrected chi connectivity index (χ2v) is 12.8. The van der Waals surface area contributed by atoms with Crippen LogP contribution >= 0.6 is 0 Å². The molecule has 1 amide bonds. The molecule has 2 N–H and O–H groups in total. The van der Waals surface area contributed by atoms with Crippen LogP contribution in [0.15, 0.2) is 35.3 Å². The molecule has 0 unspecified atom stereocenters. The summed E-state index contributed by atoms with van der Waals surface area (Å²) in [7, 11) is 0. The number of nitrogens with zero attached hydrogens (tertiary/aromatic N) is 4. The minimum atomic E-state index is -0.892. The van der Waals surface area contributed by atoms with Crippen LogP contribution < -0.4 is 10.9 Å². The van der Waals surface area contributed by atoms with Crippen LogP contribution in [0.1, 0.15) is 76.7 Å². The molecule has 0 spiro atoms. The van der Waals surface area contributed by atoms with Crippen molar-refractivity contribution in [2.75, 3.05) is 11.9 Å². The molecular weight excluding hydrogens is 524 g/mol. The number of rotatable bonds is 5. The number of nitrogens with one attached hydrogen (secondary N) is 2. The van der Waals surface area contributed by atoms with Crippen molar-refractivity contribution in [2.24, 2.45) is 0 Å². The minimum Gasteiger partial charge on any atom is -0.458 e. The van der Waals surface area contributed by atoms with Gasteiger partial charge in [0.2, 0.25) is 0 Å². The lowest BCUT2D eigenvalue weighted by Crippen LogP contribution is -2.47. The third kappa shape index (κ3) is 5.32. The van der Waals surface area contributed by atoms with Gasteiger partial charge in [0.1, 0.15) is 11.0 Å². The predicted octanol–water partition coefficient (Wildman–Crippen LogP) is 4.35. The molecule has 0 saturated carbocycles. The summed E-state index contributed by atoms with van der Waals surface area (Å²) in [6, 6.07) is 9.48. The normalized spacial score (nSPS) is 21.0. The number of hydrogen-bond acceptors (Lipinski definition) is 8. The van der Waals surface area contributed by atoms with Crippen LogP contribution in [0, 0.1) is 11.3 Å². The first-order chi connectivity index (χ1) is 19.2. The van der Waals surface area contributed by atoms with Gasteiger partial charge in [0.15, 0.2) is 11.9 Å². The molecule has 2 aliphatic heterocycles. The van der Waals surface area contributed by atoms with Gasteiger partial charge < -0.3 is 24.7 Å². The van der Waals surface area contributed by atoms with E-state index in [0.717, 1.165) is 5.56 Å². The number of aromatic amines is 1. The zero-order valence-electron chi connectivity index (χ0n) is 24.3. The van der Waals surface area contributed by atoms with Crippen LogP contribution in [-0.4, -0.2) is 55.4 Å². The van der Waals surface area contributed by atoms with Gasteiger partial charge >= 0.3 is 5.97 Å². The Labute approximate surface area is 238 Å². The second-order valence-electron chi connectivity index (χ2n) is 12.8. The first-order valence-corrected chi connectivity index (χ1v) is 13.8. The Kier molecular flexibility index (Phi) is 6.94. The Morgan fingerprint density at radius 2 is 2.00 bits per heavy atom. The fraction of sp³-hybridized carbons (Fsp3) is 0.500. The Morgan fingerprint density at radius 3 is 2.63 bits per heavy atom. The van der Waals surface area contributed by atoms with E-state index < -0.39 is 23.2 Å². The fourth-order valence-electron chi connectivity index (χ4n) is 5.50. The van der Waals surface area contributed by atoms with Crippen molar-refractivity contribution in [1.82, 2.24) is 19.7 Å². The molecule has 2 aromatic heterocycles. The van der Waals surface area contributed by atoms with Gasteiger partial charge in [-0.05, 0) is 84.2 Å². The van der Waals surface area contributed by atoms with Crippen molar-refractivity contribution < 1.29 is 19.1 Å². The molecule has 41 heavy (non-hydrogen) atoms. The van der Waals surface area contributed by atoms with Crippen molar-refractivity contribution in [2.45, 2.75) is 90.1 Å². The maximum atomic E-state index is 13.0. The lowest BCUT2D eigenvalue weighted by Gasteiger charge is -2.39. The SMILES string of the molecule is CC(C)(C)OC(=O)[C@@H]1CC[C@@](CC#N)(n2nc(Nc3ccc4c(c3)CN(C(C)(C)C)C4=O)c3c(=O)[nH]ccc32)CO1. The highest BCUT2D eigenvalue weighted by Crippen LogP contribution is 2.38. The molecule has 0 aliphatic carbocycles. The van der Waals surface area contributed by atoms with E-state index in [-0.39, 0.29) is 30.0 Å². The average Bonchev–Trinajstić information content (AvgIpc) is 3.42. The molecule has 216 valence electrons. The van der Waals surface area contributed by atoms with Crippen molar-refractivity contribution in [3.63, 3.8) is 0 Å². The van der Waals surface area contributed by atoms with Gasteiger partial charge in [-0.1, -0.05) is 0 Å². The molecule has 0 bridgehead atoms. The zero-order valence-corrected chi connectivity index (χ0v) is 24.3. The molecule has 11 heteroatoms. The summed E-state index contributed by atoms with van der Waals surface area (Å²) in [5.41, 5.74) is 0.594. The standard InChI is InChI=1S/C30H36N6O5/c1-28(2,3)35-16-18-15-19(7-8-20(18)26(35)38)33-24-23-21(10-14-32-25(23)37)36(34-24)30(12-13-31)11-9-22(40-17-30)27(39)41-29(4,5)6/h7-8,10,14-15,22H,9,11-12,16-17H2,1-6H3,(H,32,37)(H,33,34)/t22-,30-/m0/s1. The molecule has 2 aliphatic rings. The van der Waals surface area contributed by atoms with Crippen LogP contribution in [0.4, 0.5) is 11.5 Å². The number of hydrogen-bond donors (Lipinski definition) is 2. The summed E-state index contributed by atoms with van der Waals surface area (Å²) >= 11 is 0. The number of nitriles is 1. The number of pyridine rings is 1. The Morgan fingerprint density at radius 1 is 1.24 bits per heavy atom. The van der Waals surface area contributed by atoms with Gasteiger partial charge in [-0.2, -0.15) is 10.4 Å². The topological polar surface area (TPSA) is 142 Å². The molecule has 0 radical (unpaired) electrons. The number of carbonyl (C=O) groups excluding carboxylic acids is 2. The maximum Gasteiger partial charge on any atom is 0.335 e. The molecule has 1 aromatic carbocycles. The van der Waals surface area contributed by atoms with Gasteiger partial charge in [-0.25, -0.2) is 4.79 Å². The summed E-state index contributed by atoms with van der Waals surface area (Å²) in [4.78, 5) is 43.2. The molecule has 5 rings (SSSR count). The third-order valence-electron chi connectivity index (χ3n) is 7.54. The molecule has 1 fully saturated rings. The van der Waals surface area contributed by atoms with Crippen LogP contribution in [0.3, 0.4) is 0 Å². The minimum absolute atomic E-state index is 0.00866. The molecule has 2 atom stereocenters. The van der Waals surface area contributed by atoms with Gasteiger partial charge in [-0.3, -0.25) is 14.3 Å². The smallest absolute Gasteiger partial charge is 0.335 e. The average molecular weight is 561 g/mol. The highest BCUT2D eigenvalue weighted by molar-refractivity contribution is 5.99. The van der Waals surface area contributed by atoms with Crippen molar-refractivity contribution in [3.05, 3.63) is 51.9 Å². The summed E-state index contributed by atoms with van der Waals surface area (Å²) in [6.07, 6.45) is 1.64. The first kappa shape index (κ1) is 28.4. The van der Waals surface area contributed by atoms with Crippen LogP contribution in [0.5, 0.6) is 0 Å². The number of ether oxygens (including phenoxy) is 2. The quantitative estimate of drug-likeness (QED) is 0.439. The lowest BCUT2D eigenvalue weighted by molar-refractivity contribution is -0.176. The molecule has 1 saturated heterocycles. The number of fused-ring (bicyclic) bond motifs is 2. The van der Waals surface area contributed by atoms with Gasteiger partial charge in [0, 0.05) is 29.5 Å². The van der Waals surface area contributed by atoms with Crippen molar-refractivity contribution >= 4 is 34.3 Å². The van der Waals surface area contributed by atoms with E-state index in [1.807, 2.05) is 31.7 Å².